The summed E-state index contributed by atoms with van der Waals surface area (Å²) in [6.45, 7) is 0. The third-order valence-electron chi connectivity index (χ3n) is 3.58. The van der Waals surface area contributed by atoms with E-state index >= 15 is 0 Å². The molecule has 0 saturated heterocycles. The second kappa shape index (κ2) is 8.69. The van der Waals surface area contributed by atoms with Gasteiger partial charge in [-0.15, -0.1) is 0 Å². The first-order valence-corrected chi connectivity index (χ1v) is 7.61. The fourth-order valence-electron chi connectivity index (χ4n) is 2.24. The van der Waals surface area contributed by atoms with Gasteiger partial charge in [0.25, 0.3) is 0 Å². The van der Waals surface area contributed by atoms with Crippen LogP contribution in [0.1, 0.15) is 0 Å². The lowest BCUT2D eigenvalue weighted by atomic mass is 10.2. The Morgan fingerprint density at radius 3 is 1.73 bits per heavy atom. The Bertz CT molecular complexity index is 1080. The third-order valence-corrected chi connectivity index (χ3v) is 3.58. The van der Waals surface area contributed by atoms with Crippen LogP contribution in [0.15, 0.2) is 42.5 Å². The van der Waals surface area contributed by atoms with E-state index in [-0.39, 0.29) is 11.2 Å². The van der Waals surface area contributed by atoms with Gasteiger partial charge in [0.1, 0.15) is 5.75 Å². The van der Waals surface area contributed by atoms with Gasteiger partial charge in [0.15, 0.2) is 5.75 Å². The van der Waals surface area contributed by atoms with Crippen molar-refractivity contribution in [3.8, 4) is 23.0 Å². The van der Waals surface area contributed by atoms with Crippen LogP contribution in [0, 0.1) is 45.0 Å². The summed E-state index contributed by atoms with van der Waals surface area (Å²) >= 11 is 0. The van der Waals surface area contributed by atoms with Crippen molar-refractivity contribution in [3.63, 3.8) is 0 Å². The minimum atomic E-state index is -2.43. The molecular weight excluding hydrogens is 424 g/mol. The average Bonchev–Trinajstić information content (AvgIpc) is 2.71. The second-order valence-electron chi connectivity index (χ2n) is 5.40. The highest BCUT2D eigenvalue weighted by Crippen LogP contribution is 2.41. The van der Waals surface area contributed by atoms with Gasteiger partial charge in [0.05, 0.1) is 4.92 Å². The molecule has 0 fully saturated rings. The highest BCUT2D eigenvalue weighted by molar-refractivity contribution is 5.54. The highest BCUT2D eigenvalue weighted by atomic mass is 19.2. The summed E-state index contributed by atoms with van der Waals surface area (Å²) in [5, 5.41) is 11.1. The van der Waals surface area contributed by atoms with Crippen molar-refractivity contribution in [2.45, 2.75) is 0 Å². The number of hydrogen-bond donors (Lipinski definition) is 0. The molecule has 12 heteroatoms. The topological polar surface area (TPSA) is 93.1 Å². The van der Waals surface area contributed by atoms with Gasteiger partial charge in [-0.2, -0.15) is 13.2 Å². The predicted octanol–water partition coefficient (Wildman–Crippen LogP) is 5.19. The lowest BCUT2D eigenvalue weighted by Gasteiger charge is -2.13. The molecule has 0 saturated carbocycles. The van der Waals surface area contributed by atoms with Crippen LogP contribution in [0.25, 0.3) is 0 Å². The predicted molar refractivity (Wildman–Crippen MR) is 89.5 cm³/mol. The first-order chi connectivity index (χ1) is 13.7. The van der Waals surface area contributed by atoms with E-state index in [1.807, 2.05) is 0 Å². The van der Waals surface area contributed by atoms with Crippen LogP contribution in [0.5, 0.6) is 23.0 Å². The molecule has 0 aromatic heterocycles. The Morgan fingerprint density at radius 2 is 1.20 bits per heavy atom. The third kappa shape index (κ3) is 3.98. The Labute approximate surface area is 163 Å². The quantitative estimate of drug-likeness (QED) is 0.182. The van der Waals surface area contributed by atoms with Gasteiger partial charge in [-0.3, -0.25) is 10.1 Å². The van der Waals surface area contributed by atoms with E-state index in [0.29, 0.717) is 12.1 Å². The number of halogens is 6. The summed E-state index contributed by atoms with van der Waals surface area (Å²) in [5.74, 6) is -17.2. The number of nitro benzene ring substituents is 1. The molecule has 158 valence electrons. The van der Waals surface area contributed by atoms with E-state index in [0.717, 1.165) is 0 Å². The smallest absolute Gasteiger partial charge is 0.314 e. The summed E-state index contributed by atoms with van der Waals surface area (Å²) in [7, 11) is 0. The van der Waals surface area contributed by atoms with Crippen molar-refractivity contribution in [1.29, 1.82) is 0 Å². The molecule has 3 aromatic rings. The molecule has 3 rings (SSSR count). The molecule has 0 heterocycles. The van der Waals surface area contributed by atoms with Gasteiger partial charge in [-0.1, -0.05) is 18.2 Å². The summed E-state index contributed by atoms with van der Waals surface area (Å²) in [6.07, 6.45) is 0. The summed E-state index contributed by atoms with van der Waals surface area (Å²) in [5.41, 5.74) is -0.865. The maximum atomic E-state index is 14.7. The summed E-state index contributed by atoms with van der Waals surface area (Å²) in [6, 6.07) is 8.48. The van der Waals surface area contributed by atoms with E-state index in [2.05, 4.69) is 4.74 Å². The van der Waals surface area contributed by atoms with E-state index in [1.54, 1.807) is 6.07 Å². The van der Waals surface area contributed by atoms with Crippen molar-refractivity contribution in [2.24, 2.45) is 0 Å². The molecule has 0 bridgehead atoms. The number of hydrogen-bond acceptors (Lipinski definition) is 4. The molecule has 30 heavy (non-hydrogen) atoms. The van der Waals surface area contributed by atoms with E-state index < -0.39 is 62.8 Å². The van der Waals surface area contributed by atoms with Crippen LogP contribution in [-0.4, -0.2) is 10.4 Å². The molecular formula is C18H9F6NO5. The van der Waals surface area contributed by atoms with Gasteiger partial charge >= 0.3 is 5.69 Å². The molecule has 3 aromatic carbocycles. The molecule has 0 aliphatic rings. The number of ether oxygens (including phenoxy) is 2. The Morgan fingerprint density at radius 1 is 0.667 bits per heavy atom. The second-order valence-corrected chi connectivity index (χ2v) is 5.40. The maximum absolute atomic E-state index is 14.7. The lowest BCUT2D eigenvalue weighted by molar-refractivity contribution is -0.385. The molecule has 2 N–H and O–H groups in total. The van der Waals surface area contributed by atoms with Gasteiger partial charge < -0.3 is 14.9 Å². The fourth-order valence-corrected chi connectivity index (χ4v) is 2.24. The number of nitrogens with zero attached hydrogens (tertiary/aromatic N) is 1. The van der Waals surface area contributed by atoms with Gasteiger partial charge in [-0.25, -0.2) is 13.2 Å². The Balaban J connectivity index is 0.00000320. The van der Waals surface area contributed by atoms with Crippen LogP contribution in [0.4, 0.5) is 32.0 Å². The lowest BCUT2D eigenvalue weighted by Crippen LogP contribution is -2.05. The average molecular weight is 433 g/mol. The summed E-state index contributed by atoms with van der Waals surface area (Å²) in [4.78, 5) is 10.1. The van der Waals surface area contributed by atoms with Gasteiger partial charge in [0.2, 0.25) is 46.4 Å². The minimum absolute atomic E-state index is 0. The van der Waals surface area contributed by atoms with Crippen molar-refractivity contribution in [1.82, 2.24) is 0 Å². The molecule has 0 radical (unpaired) electrons. The molecule has 0 atom stereocenters. The van der Waals surface area contributed by atoms with Crippen molar-refractivity contribution in [3.05, 3.63) is 87.5 Å². The Kier molecular flexibility index (Phi) is 6.52. The summed E-state index contributed by atoms with van der Waals surface area (Å²) < 4.78 is 91.6. The highest BCUT2D eigenvalue weighted by Gasteiger charge is 2.30. The minimum Gasteiger partial charge on any atom is -0.448 e. The van der Waals surface area contributed by atoms with Gasteiger partial charge in [-0.05, 0) is 18.2 Å². The molecule has 0 aliphatic carbocycles. The SMILES string of the molecule is O.O=[N+]([O-])c1ccc(Oc2c(F)c(F)c(F)c(F)c2F)c(F)c1Oc1ccccc1. The number of nitro groups is 1. The zero-order valence-electron chi connectivity index (χ0n) is 14.4. The number of benzene rings is 3. The van der Waals surface area contributed by atoms with Crippen LogP contribution >= 0.6 is 0 Å². The first kappa shape index (κ1) is 22.5. The van der Waals surface area contributed by atoms with Crippen molar-refractivity contribution in [2.75, 3.05) is 0 Å². The van der Waals surface area contributed by atoms with E-state index in [1.165, 1.54) is 24.3 Å². The molecule has 0 spiro atoms. The van der Waals surface area contributed by atoms with Crippen LogP contribution < -0.4 is 9.47 Å². The van der Waals surface area contributed by atoms with E-state index in [9.17, 15) is 36.5 Å². The standard InChI is InChI=1S/C18H7F6NO4.H2O/c19-11-10(29-18-15(23)13(21)12(20)14(22)16(18)24)7-6-9(25(26)27)17(11)28-8-4-2-1-3-5-8;/h1-7H;1H2. The molecule has 6 nitrogen and oxygen atoms in total. The van der Waals surface area contributed by atoms with Crippen LogP contribution in [0.2, 0.25) is 0 Å². The molecule has 0 unspecified atom stereocenters. The van der Waals surface area contributed by atoms with Crippen LogP contribution in [-0.2, 0) is 0 Å². The molecule has 0 amide bonds. The van der Waals surface area contributed by atoms with E-state index in [4.69, 9.17) is 4.74 Å². The number of rotatable bonds is 5. The first-order valence-electron chi connectivity index (χ1n) is 7.61. The maximum Gasteiger partial charge on any atom is 0.314 e. The number of para-hydroxylation sites is 1. The monoisotopic (exact) mass is 433 g/mol. The van der Waals surface area contributed by atoms with Crippen molar-refractivity contribution < 1.29 is 46.2 Å². The fraction of sp³-hybridized carbons (Fsp3) is 0. The molecule has 0 aliphatic heterocycles. The Hall–Kier alpha value is -3.80. The zero-order valence-corrected chi connectivity index (χ0v) is 14.4. The largest absolute Gasteiger partial charge is 0.448 e. The van der Waals surface area contributed by atoms with Crippen LogP contribution in [0.3, 0.4) is 0 Å². The normalized spacial score (nSPS) is 10.3. The zero-order chi connectivity index (χ0) is 21.3. The van der Waals surface area contributed by atoms with Crippen molar-refractivity contribution >= 4 is 5.69 Å². The van der Waals surface area contributed by atoms with Gasteiger partial charge in [0, 0.05) is 6.07 Å².